The number of benzene rings is 2. The molecule has 6 heteroatoms. The zero-order chi connectivity index (χ0) is 18.4. The van der Waals surface area contributed by atoms with Gasteiger partial charge in [-0.1, -0.05) is 30.3 Å². The van der Waals surface area contributed by atoms with Gasteiger partial charge in [-0.15, -0.1) is 0 Å². The van der Waals surface area contributed by atoms with Crippen LogP contribution in [0.3, 0.4) is 0 Å². The van der Waals surface area contributed by atoms with E-state index < -0.39 is 5.91 Å². The Hall–Kier alpha value is -3.54. The van der Waals surface area contributed by atoms with Crippen molar-refractivity contribution in [3.8, 4) is 5.75 Å². The largest absolute Gasteiger partial charge is 0.506 e. The Labute approximate surface area is 150 Å². The fraction of sp³-hybridized carbons (Fsp3) is 0.100. The van der Waals surface area contributed by atoms with Gasteiger partial charge in [0.2, 0.25) is 5.91 Å². The maximum absolute atomic E-state index is 12.1. The predicted octanol–water partition coefficient (Wildman–Crippen LogP) is 3.81. The minimum Gasteiger partial charge on any atom is -0.506 e. The van der Waals surface area contributed by atoms with Crippen molar-refractivity contribution in [2.75, 3.05) is 10.6 Å². The summed E-state index contributed by atoms with van der Waals surface area (Å²) in [6.45, 7) is 0. The molecule has 6 nitrogen and oxygen atoms in total. The van der Waals surface area contributed by atoms with Crippen LogP contribution >= 0.6 is 0 Å². The molecular formula is C20H18N2O4. The van der Waals surface area contributed by atoms with Gasteiger partial charge in [-0.2, -0.15) is 0 Å². The van der Waals surface area contributed by atoms with Crippen LogP contribution in [0.2, 0.25) is 0 Å². The molecule has 0 aliphatic carbocycles. The average molecular weight is 350 g/mol. The van der Waals surface area contributed by atoms with Crippen LogP contribution < -0.4 is 10.6 Å². The van der Waals surface area contributed by atoms with Gasteiger partial charge in [-0.25, -0.2) is 0 Å². The number of nitrogens with one attached hydrogen (secondary N) is 2. The van der Waals surface area contributed by atoms with Gasteiger partial charge in [-0.05, 0) is 36.2 Å². The zero-order valence-corrected chi connectivity index (χ0v) is 13.9. The number of aryl methyl sites for hydroxylation is 1. The van der Waals surface area contributed by atoms with Gasteiger partial charge in [0.1, 0.15) is 5.75 Å². The molecule has 2 aromatic carbocycles. The fourth-order valence-corrected chi connectivity index (χ4v) is 2.43. The number of phenols is 1. The summed E-state index contributed by atoms with van der Waals surface area (Å²) in [5, 5.41) is 15.4. The van der Waals surface area contributed by atoms with E-state index in [9.17, 15) is 14.7 Å². The molecule has 1 heterocycles. The molecule has 3 rings (SSSR count). The Morgan fingerprint density at radius 3 is 2.46 bits per heavy atom. The molecule has 26 heavy (non-hydrogen) atoms. The number of amides is 2. The molecule has 0 saturated heterocycles. The van der Waals surface area contributed by atoms with E-state index in [-0.39, 0.29) is 17.4 Å². The van der Waals surface area contributed by atoms with Crippen LogP contribution in [0.4, 0.5) is 11.4 Å². The highest BCUT2D eigenvalue weighted by atomic mass is 16.3. The Morgan fingerprint density at radius 1 is 0.962 bits per heavy atom. The van der Waals surface area contributed by atoms with Gasteiger partial charge in [0.05, 0.1) is 12.0 Å². The second-order valence-electron chi connectivity index (χ2n) is 5.70. The van der Waals surface area contributed by atoms with Crippen molar-refractivity contribution in [1.82, 2.24) is 0 Å². The predicted molar refractivity (Wildman–Crippen MR) is 98.2 cm³/mol. The summed E-state index contributed by atoms with van der Waals surface area (Å²) in [5.74, 6) is -0.580. The third-order valence-electron chi connectivity index (χ3n) is 3.76. The Balaban J connectivity index is 1.57. The summed E-state index contributed by atoms with van der Waals surface area (Å²) in [6, 6.07) is 17.3. The fourth-order valence-electron chi connectivity index (χ4n) is 2.43. The van der Waals surface area contributed by atoms with Crippen molar-refractivity contribution < 1.29 is 19.1 Å². The smallest absolute Gasteiger partial charge is 0.291 e. The number of carbonyl (C=O) groups excluding carboxylic acids is 2. The molecule has 1 aromatic heterocycles. The molecule has 0 atom stereocenters. The minimum absolute atomic E-state index is 0.129. The van der Waals surface area contributed by atoms with Gasteiger partial charge >= 0.3 is 0 Å². The maximum Gasteiger partial charge on any atom is 0.291 e. The quantitative estimate of drug-likeness (QED) is 0.590. The molecule has 0 aliphatic heterocycles. The summed E-state index contributed by atoms with van der Waals surface area (Å²) in [6.07, 6.45) is 2.33. The van der Waals surface area contributed by atoms with Gasteiger partial charge in [0, 0.05) is 18.2 Å². The highest BCUT2D eigenvalue weighted by Gasteiger charge is 2.11. The first-order valence-corrected chi connectivity index (χ1v) is 8.13. The monoisotopic (exact) mass is 350 g/mol. The van der Waals surface area contributed by atoms with E-state index in [0.717, 1.165) is 5.56 Å². The summed E-state index contributed by atoms with van der Waals surface area (Å²) in [4.78, 5) is 24.0. The van der Waals surface area contributed by atoms with Crippen LogP contribution in [0.1, 0.15) is 22.5 Å². The van der Waals surface area contributed by atoms with E-state index in [1.54, 1.807) is 12.1 Å². The van der Waals surface area contributed by atoms with Crippen LogP contribution in [0.25, 0.3) is 0 Å². The van der Waals surface area contributed by atoms with Crippen LogP contribution in [-0.2, 0) is 11.2 Å². The van der Waals surface area contributed by atoms with E-state index in [0.29, 0.717) is 24.2 Å². The number of furan rings is 1. The van der Waals surface area contributed by atoms with E-state index in [1.165, 1.54) is 24.5 Å². The molecule has 3 aromatic rings. The van der Waals surface area contributed by atoms with Crippen molar-refractivity contribution in [3.63, 3.8) is 0 Å². The number of hydrogen-bond acceptors (Lipinski definition) is 4. The molecule has 0 radical (unpaired) electrons. The highest BCUT2D eigenvalue weighted by Crippen LogP contribution is 2.27. The summed E-state index contributed by atoms with van der Waals surface area (Å²) in [5.41, 5.74) is 1.76. The first-order valence-electron chi connectivity index (χ1n) is 8.13. The minimum atomic E-state index is -0.422. The molecule has 0 fully saturated rings. The Kier molecular flexibility index (Phi) is 5.34. The lowest BCUT2D eigenvalue weighted by Crippen LogP contribution is -2.13. The lowest BCUT2D eigenvalue weighted by Gasteiger charge is -2.10. The first kappa shape index (κ1) is 17.3. The highest BCUT2D eigenvalue weighted by molar-refractivity contribution is 6.02. The van der Waals surface area contributed by atoms with Crippen LogP contribution in [-0.4, -0.2) is 16.9 Å². The summed E-state index contributed by atoms with van der Waals surface area (Å²) >= 11 is 0. The maximum atomic E-state index is 12.1. The lowest BCUT2D eigenvalue weighted by atomic mass is 10.1. The molecule has 0 saturated carbocycles. The van der Waals surface area contributed by atoms with Crippen molar-refractivity contribution >= 4 is 23.2 Å². The van der Waals surface area contributed by atoms with Crippen molar-refractivity contribution in [2.45, 2.75) is 12.8 Å². The topological polar surface area (TPSA) is 91.6 Å². The second kappa shape index (κ2) is 8.02. The molecule has 0 unspecified atom stereocenters. The summed E-state index contributed by atoms with van der Waals surface area (Å²) < 4.78 is 5.01. The molecule has 0 bridgehead atoms. The van der Waals surface area contributed by atoms with Crippen molar-refractivity contribution in [1.29, 1.82) is 0 Å². The average Bonchev–Trinajstić information content (AvgIpc) is 3.18. The molecule has 132 valence electrons. The standard InChI is InChI=1S/C20H18N2O4/c23-17-13-15(21-20(25)18-7-4-12-26-18)9-10-16(17)22-19(24)11-8-14-5-2-1-3-6-14/h1-7,9-10,12-13,23H,8,11H2,(H,21,25)(H,22,24). The van der Waals surface area contributed by atoms with Gasteiger partial charge in [0.15, 0.2) is 5.76 Å². The van der Waals surface area contributed by atoms with Crippen molar-refractivity contribution in [2.24, 2.45) is 0 Å². The number of carbonyl (C=O) groups is 2. The first-order chi connectivity index (χ1) is 12.6. The van der Waals surface area contributed by atoms with Gasteiger partial charge < -0.3 is 20.2 Å². The third-order valence-corrected chi connectivity index (χ3v) is 3.76. The molecule has 0 aliphatic rings. The SMILES string of the molecule is O=C(CCc1ccccc1)Nc1ccc(NC(=O)c2ccco2)cc1O. The number of rotatable bonds is 6. The van der Waals surface area contributed by atoms with Crippen molar-refractivity contribution in [3.05, 3.63) is 78.3 Å². The second-order valence-corrected chi connectivity index (χ2v) is 5.70. The number of hydrogen-bond donors (Lipinski definition) is 3. The van der Waals surface area contributed by atoms with Crippen LogP contribution in [0.5, 0.6) is 5.75 Å². The molecule has 3 N–H and O–H groups in total. The normalized spacial score (nSPS) is 10.3. The third kappa shape index (κ3) is 4.51. The zero-order valence-electron chi connectivity index (χ0n) is 13.9. The Morgan fingerprint density at radius 2 is 1.77 bits per heavy atom. The van der Waals surface area contributed by atoms with E-state index in [4.69, 9.17) is 4.42 Å². The molecule has 2 amide bonds. The number of anilines is 2. The molecular weight excluding hydrogens is 332 g/mol. The van der Waals surface area contributed by atoms with E-state index in [1.807, 2.05) is 30.3 Å². The Bertz CT molecular complexity index is 889. The van der Waals surface area contributed by atoms with Gasteiger partial charge in [-0.3, -0.25) is 9.59 Å². The van der Waals surface area contributed by atoms with Gasteiger partial charge in [0.25, 0.3) is 5.91 Å². The number of aromatic hydroxyl groups is 1. The molecule has 0 spiro atoms. The van der Waals surface area contributed by atoms with E-state index in [2.05, 4.69) is 10.6 Å². The lowest BCUT2D eigenvalue weighted by molar-refractivity contribution is -0.116. The number of phenolic OH excluding ortho intramolecular Hbond substituents is 1. The van der Waals surface area contributed by atoms with Crippen LogP contribution in [0, 0.1) is 0 Å². The van der Waals surface area contributed by atoms with E-state index >= 15 is 0 Å². The van der Waals surface area contributed by atoms with Crippen LogP contribution in [0.15, 0.2) is 71.3 Å². The summed E-state index contributed by atoms with van der Waals surface area (Å²) in [7, 11) is 0.